The van der Waals surface area contributed by atoms with Crippen LogP contribution in [0.4, 0.5) is 5.69 Å². The van der Waals surface area contributed by atoms with Crippen molar-refractivity contribution in [3.63, 3.8) is 0 Å². The topological polar surface area (TPSA) is 80.7 Å². The summed E-state index contributed by atoms with van der Waals surface area (Å²) < 4.78 is 33.4. The van der Waals surface area contributed by atoms with E-state index in [0.717, 1.165) is 12.2 Å². The molecule has 0 aliphatic rings. The molecule has 0 radical (unpaired) electrons. The summed E-state index contributed by atoms with van der Waals surface area (Å²) in [6, 6.07) is 21.8. The van der Waals surface area contributed by atoms with Crippen molar-refractivity contribution in [3.05, 3.63) is 66.7 Å². The summed E-state index contributed by atoms with van der Waals surface area (Å²) in [4.78, 5) is 0.0878. The Morgan fingerprint density at radius 1 is 0.941 bits per heavy atom. The van der Waals surface area contributed by atoms with E-state index < -0.39 is 17.2 Å². The van der Waals surface area contributed by atoms with E-state index in [1.807, 2.05) is 0 Å². The van der Waals surface area contributed by atoms with Gasteiger partial charge in [0, 0.05) is 38.8 Å². The van der Waals surface area contributed by atoms with Gasteiger partial charge < -0.3 is 4.57 Å². The molecule has 180 valence electrons. The fourth-order valence-electron chi connectivity index (χ4n) is 4.96. The Labute approximate surface area is 202 Å². The minimum Gasteiger partial charge on any atom is -0.341 e. The van der Waals surface area contributed by atoms with E-state index in [2.05, 4.69) is 93.5 Å². The van der Waals surface area contributed by atoms with Crippen LogP contribution in [0.5, 0.6) is 0 Å². The third kappa shape index (κ3) is 4.01. The van der Waals surface area contributed by atoms with E-state index >= 15 is 0 Å². The minimum absolute atomic E-state index is 0.0878. The Kier molecular flexibility index (Phi) is 6.28. The number of para-hydroxylation sites is 1. The predicted molar refractivity (Wildman–Crippen MR) is 145 cm³/mol. The number of hydrogen-bond donors (Lipinski definition) is 1. The van der Waals surface area contributed by atoms with Gasteiger partial charge in [0.1, 0.15) is 0 Å². The zero-order valence-electron chi connectivity index (χ0n) is 20.6. The number of aromatic nitrogens is 1. The molecule has 8 heteroatoms. The van der Waals surface area contributed by atoms with Gasteiger partial charge in [0.25, 0.3) is 0 Å². The van der Waals surface area contributed by atoms with Crippen molar-refractivity contribution in [2.75, 3.05) is 14.1 Å². The lowest BCUT2D eigenvalue weighted by Gasteiger charge is -2.42. The molecular weight excluding hydrogens is 463 g/mol. The maximum absolute atomic E-state index is 11.7. The highest BCUT2D eigenvalue weighted by Crippen LogP contribution is 2.63. The molecule has 3 aromatic carbocycles. The fourth-order valence-corrected chi connectivity index (χ4v) is 9.57. The molecule has 0 bridgehead atoms. The van der Waals surface area contributed by atoms with Gasteiger partial charge in [-0.2, -0.15) is 0 Å². The number of fused-ring (bicyclic) bond motifs is 3. The largest absolute Gasteiger partial charge is 0.341 e. The third-order valence-corrected chi connectivity index (χ3v) is 11.8. The summed E-state index contributed by atoms with van der Waals surface area (Å²) >= 11 is 0. The number of benzene rings is 3. The normalized spacial score (nSPS) is 14.6. The molecule has 0 amide bonds. The molecule has 1 heterocycles. The van der Waals surface area contributed by atoms with E-state index in [1.165, 1.54) is 39.2 Å². The maximum atomic E-state index is 11.7. The molecule has 4 rings (SSSR count). The van der Waals surface area contributed by atoms with Crippen LogP contribution in [-0.2, 0) is 16.6 Å². The predicted octanol–water partition coefficient (Wildman–Crippen LogP) is 5.90. The van der Waals surface area contributed by atoms with Gasteiger partial charge in [-0.05, 0) is 69.6 Å². The Balaban J connectivity index is 2.04. The Morgan fingerprint density at radius 2 is 1.56 bits per heavy atom. The van der Waals surface area contributed by atoms with Gasteiger partial charge in [-0.3, -0.25) is 4.67 Å². The molecule has 0 saturated carbocycles. The number of rotatable bonds is 5. The van der Waals surface area contributed by atoms with E-state index in [4.69, 9.17) is 9.88 Å². The van der Waals surface area contributed by atoms with Gasteiger partial charge in [0.05, 0.1) is 17.8 Å². The van der Waals surface area contributed by atoms with Crippen LogP contribution in [-0.4, -0.2) is 36.9 Å². The highest BCUT2D eigenvalue weighted by atomic mass is 32.2. The second kappa shape index (κ2) is 8.65. The molecule has 0 fully saturated rings. The Bertz CT molecular complexity index is 1530. The van der Waals surface area contributed by atoms with Gasteiger partial charge in [0.15, 0.2) is 0 Å². The zero-order valence-corrected chi connectivity index (χ0v) is 22.4. The van der Waals surface area contributed by atoms with Crippen molar-refractivity contribution in [1.82, 2.24) is 9.24 Å². The van der Waals surface area contributed by atoms with E-state index in [9.17, 15) is 8.42 Å². The van der Waals surface area contributed by atoms with Crippen molar-refractivity contribution < 1.29 is 8.42 Å². The van der Waals surface area contributed by atoms with Gasteiger partial charge in [-0.25, -0.2) is 18.3 Å². The maximum Gasteiger partial charge on any atom is 0.238 e. The lowest BCUT2D eigenvalue weighted by molar-refractivity contribution is 0.598. The summed E-state index contributed by atoms with van der Waals surface area (Å²) in [7, 11) is -1.88. The second-order valence-electron chi connectivity index (χ2n) is 9.72. The molecule has 6 nitrogen and oxygen atoms in total. The molecule has 0 unspecified atom stereocenters. The molecule has 0 aliphatic carbocycles. The fraction of sp³-hybridized carbons (Fsp3) is 0.308. The van der Waals surface area contributed by atoms with Crippen LogP contribution < -0.4 is 10.4 Å². The zero-order chi connectivity index (χ0) is 24.9. The van der Waals surface area contributed by atoms with E-state index in [1.54, 1.807) is 12.1 Å². The van der Waals surface area contributed by atoms with E-state index in [0.29, 0.717) is 0 Å². The molecule has 0 aliphatic heterocycles. The van der Waals surface area contributed by atoms with Crippen molar-refractivity contribution >= 4 is 50.0 Å². The van der Waals surface area contributed by atoms with Crippen molar-refractivity contribution in [2.24, 2.45) is 9.88 Å². The van der Waals surface area contributed by atoms with E-state index in [-0.39, 0.29) is 10.1 Å². The highest BCUT2D eigenvalue weighted by molar-refractivity contribution is 7.89. The van der Waals surface area contributed by atoms with Crippen LogP contribution in [0.1, 0.15) is 27.7 Å². The highest BCUT2D eigenvalue weighted by Gasteiger charge is 2.38. The molecule has 0 spiro atoms. The standard InChI is InChI=1S/C26H33N4O2PS/c1-7-30-24-11-9-8-10-22(24)23-18-20(14-17-25(23)30)33(29(5)6,26(2,3)4)28-19-12-15-21(16-13-19)34(27,31)32/h8-18H,7H2,1-6H3,(H2,27,31,32)/t33-/m1/s1. The first-order valence-electron chi connectivity index (χ1n) is 11.3. The van der Waals surface area contributed by atoms with Crippen molar-refractivity contribution in [1.29, 1.82) is 0 Å². The Morgan fingerprint density at radius 3 is 2.12 bits per heavy atom. The average molecular weight is 497 g/mol. The first kappa shape index (κ1) is 24.7. The van der Waals surface area contributed by atoms with Crippen LogP contribution in [0.2, 0.25) is 0 Å². The van der Waals surface area contributed by atoms with Crippen LogP contribution in [0.25, 0.3) is 21.8 Å². The lowest BCUT2D eigenvalue weighted by Crippen LogP contribution is -2.32. The first-order chi connectivity index (χ1) is 15.9. The van der Waals surface area contributed by atoms with Gasteiger partial charge >= 0.3 is 0 Å². The lowest BCUT2D eigenvalue weighted by atomic mass is 10.1. The molecule has 34 heavy (non-hydrogen) atoms. The van der Waals surface area contributed by atoms with Gasteiger partial charge in [-0.15, -0.1) is 0 Å². The monoisotopic (exact) mass is 496 g/mol. The van der Waals surface area contributed by atoms with Crippen LogP contribution in [0.3, 0.4) is 0 Å². The van der Waals surface area contributed by atoms with Crippen LogP contribution in [0, 0.1) is 0 Å². The molecule has 1 atom stereocenters. The average Bonchev–Trinajstić information content (AvgIpc) is 3.09. The molecular formula is C26H33N4O2PS. The minimum atomic E-state index is -3.75. The summed E-state index contributed by atoms with van der Waals surface area (Å²) in [6.45, 7) is 9.75. The number of sulfonamides is 1. The summed E-state index contributed by atoms with van der Waals surface area (Å²) in [5, 5.41) is 8.77. The second-order valence-corrected chi connectivity index (χ2v) is 15.3. The molecule has 1 aromatic heterocycles. The third-order valence-electron chi connectivity index (χ3n) is 6.37. The van der Waals surface area contributed by atoms with Gasteiger partial charge in [-0.1, -0.05) is 39.0 Å². The SMILES string of the molecule is CCn1c2ccccc2c2cc([P@@](=Nc3ccc(S(N)(=O)=O)cc3)(N(C)C)C(C)(C)C)ccc21. The summed E-state index contributed by atoms with van der Waals surface area (Å²) in [5.41, 5.74) is 3.19. The van der Waals surface area contributed by atoms with Crippen LogP contribution in [0.15, 0.2) is 76.4 Å². The number of hydrogen-bond acceptors (Lipinski definition) is 3. The first-order valence-corrected chi connectivity index (χ1v) is 14.6. The number of primary sulfonamides is 1. The molecule has 0 saturated heterocycles. The van der Waals surface area contributed by atoms with Gasteiger partial charge in [0.2, 0.25) is 10.0 Å². The molecule has 4 aromatic rings. The Hall–Kier alpha value is -2.44. The smallest absolute Gasteiger partial charge is 0.238 e. The number of nitrogens with zero attached hydrogens (tertiary/aromatic N) is 3. The number of nitrogens with two attached hydrogens (primary N) is 1. The quantitative estimate of drug-likeness (QED) is 0.350. The number of aryl methyl sites for hydroxylation is 1. The summed E-state index contributed by atoms with van der Waals surface area (Å²) in [5.74, 6) is 0. The van der Waals surface area contributed by atoms with Crippen LogP contribution >= 0.6 is 7.21 Å². The van der Waals surface area contributed by atoms with Crippen molar-refractivity contribution in [3.8, 4) is 0 Å². The summed E-state index contributed by atoms with van der Waals surface area (Å²) in [6.07, 6.45) is 0. The molecule has 2 N–H and O–H groups in total. The van der Waals surface area contributed by atoms with Crippen molar-refractivity contribution in [2.45, 2.75) is 44.3 Å².